The van der Waals surface area contributed by atoms with Crippen LogP contribution < -0.4 is 9.64 Å². The first-order chi connectivity index (χ1) is 28.9. The highest BCUT2D eigenvalue weighted by atomic mass is 35.5. The maximum atomic E-state index is 12.8. The summed E-state index contributed by atoms with van der Waals surface area (Å²) in [4.78, 5) is 43.6. The van der Waals surface area contributed by atoms with E-state index in [1.807, 2.05) is 81.1 Å². The number of H-pyrrole nitrogens is 1. The Morgan fingerprint density at radius 2 is 1.45 bits per heavy atom. The lowest BCUT2D eigenvalue weighted by Crippen LogP contribution is -2.49. The number of aromatic amines is 1. The van der Waals surface area contributed by atoms with Crippen molar-refractivity contribution in [3.63, 3.8) is 0 Å². The van der Waals surface area contributed by atoms with Gasteiger partial charge in [0.1, 0.15) is 28.7 Å². The number of halogens is 3. The van der Waals surface area contributed by atoms with E-state index in [1.54, 1.807) is 48.5 Å². The van der Waals surface area contributed by atoms with E-state index in [0.717, 1.165) is 63.6 Å². The zero-order valence-corrected chi connectivity index (χ0v) is 35.7. The van der Waals surface area contributed by atoms with Gasteiger partial charge in [-0.05, 0) is 88.4 Å². The number of fused-ring (bicyclic) bond motifs is 2. The number of pyridine rings is 4. The minimum absolute atomic E-state index is 0. The summed E-state index contributed by atoms with van der Waals surface area (Å²) in [6.07, 6.45) is 4.21. The Morgan fingerprint density at radius 3 is 2.08 bits per heavy atom. The predicted octanol–water partition coefficient (Wildman–Crippen LogP) is 8.63. The van der Waals surface area contributed by atoms with Crippen molar-refractivity contribution < 1.29 is 15.8 Å². The molecule has 6 aromatic heterocycles. The van der Waals surface area contributed by atoms with Crippen molar-refractivity contribution >= 4 is 74.8 Å². The molecule has 312 valence electrons. The summed E-state index contributed by atoms with van der Waals surface area (Å²) in [7, 11) is 1.61. The van der Waals surface area contributed by atoms with Gasteiger partial charge in [0.25, 0.3) is 0 Å². The van der Waals surface area contributed by atoms with Gasteiger partial charge in [-0.3, -0.25) is 14.7 Å². The van der Waals surface area contributed by atoms with E-state index in [4.69, 9.17) is 55.9 Å². The molecule has 0 spiro atoms. The number of methoxy groups -OCH3 is 1. The predicted molar refractivity (Wildman–Crippen MR) is 233 cm³/mol. The minimum atomic E-state index is 0. The van der Waals surface area contributed by atoms with Crippen LogP contribution in [-0.4, -0.2) is 90.3 Å². The van der Waals surface area contributed by atoms with Crippen LogP contribution in [0, 0.1) is 50.1 Å². The Hall–Kier alpha value is -6.54. The lowest BCUT2D eigenvalue weighted by molar-refractivity contribution is -0.132. The first kappa shape index (κ1) is 46.2. The van der Waals surface area contributed by atoms with Crippen molar-refractivity contribution in [1.82, 2.24) is 44.8 Å². The summed E-state index contributed by atoms with van der Waals surface area (Å²) < 4.78 is 6.98. The minimum Gasteiger partial charge on any atom is -0.495 e. The summed E-state index contributed by atoms with van der Waals surface area (Å²) in [6.45, 7) is 10.6. The van der Waals surface area contributed by atoms with Crippen LogP contribution in [0.5, 0.6) is 5.75 Å². The van der Waals surface area contributed by atoms with Gasteiger partial charge in [0.15, 0.2) is 17.6 Å². The van der Waals surface area contributed by atoms with E-state index in [2.05, 4.69) is 40.1 Å². The molecule has 0 aliphatic carbocycles. The van der Waals surface area contributed by atoms with Gasteiger partial charge >= 0.3 is 0 Å². The number of ether oxygens (including phenoxy) is 1. The van der Waals surface area contributed by atoms with Gasteiger partial charge in [-0.1, -0.05) is 34.8 Å². The summed E-state index contributed by atoms with van der Waals surface area (Å²) in [5.41, 5.74) is 17.1. The first-order valence-electron chi connectivity index (χ1n) is 18.2. The lowest BCUT2D eigenvalue weighted by Gasteiger charge is -2.36. The molecule has 8 rings (SSSR count). The number of amides is 1. The molecule has 0 saturated carbocycles. The van der Waals surface area contributed by atoms with Crippen LogP contribution in [0.4, 0.5) is 5.69 Å². The molecule has 7 heterocycles. The molecule has 19 heteroatoms. The molecular formula is C41H44Cl3N13O3. The number of carbonyl (C=O) groups excluding carboxylic acids is 2. The standard InChI is InChI=1S/C20H22ClN5O2.C7H5ClN2.C7H6ClNO.C7H7N3.H2N2.H2/c1-14-3-4-15-12-22-26(20(15)23-14)13-19(27)25-9-7-24(8-10-25)16-5-6-17(21)18(11-16)28-2;1-5-2-3-6(4-9)7(8)10-5;1-5-2-3-6(4-10)7(8)9-5;1-5-2-3-6-4-8-10-7(6)9-5;1-2;/h3-6,11-12H,7-10,13H2,1-2H3;2-3H,1H3;2-4H,1H3;2-4H,1H3,(H,8,9,10);1-2H;1H. The number of aromatic nitrogens is 8. The molecule has 1 aromatic carbocycles. The maximum Gasteiger partial charge on any atom is 0.244 e. The van der Waals surface area contributed by atoms with Crippen LogP contribution in [0.15, 0.2) is 79.1 Å². The Balaban J connectivity index is 0.000000246. The van der Waals surface area contributed by atoms with Crippen LogP contribution in [0.2, 0.25) is 15.3 Å². The van der Waals surface area contributed by atoms with E-state index in [0.29, 0.717) is 41.3 Å². The molecule has 1 saturated heterocycles. The van der Waals surface area contributed by atoms with Gasteiger partial charge in [-0.25, -0.2) is 35.7 Å². The third-order valence-electron chi connectivity index (χ3n) is 8.73. The molecule has 60 heavy (non-hydrogen) atoms. The van der Waals surface area contributed by atoms with E-state index < -0.39 is 0 Å². The number of hydrogen-bond acceptors (Lipinski definition) is 13. The summed E-state index contributed by atoms with van der Waals surface area (Å²) in [5.74, 6) is 0.715. The molecule has 0 bridgehead atoms. The summed E-state index contributed by atoms with van der Waals surface area (Å²) >= 11 is 17.3. The second-order valence-electron chi connectivity index (χ2n) is 13.0. The van der Waals surface area contributed by atoms with E-state index in [1.165, 1.54) is 0 Å². The molecule has 7 aromatic rings. The Kier molecular flexibility index (Phi) is 17.4. The normalized spacial score (nSPS) is 11.7. The molecule has 1 amide bonds. The van der Waals surface area contributed by atoms with Gasteiger partial charge in [0.2, 0.25) is 5.91 Å². The monoisotopic (exact) mass is 871 g/mol. The number of nitrogens with one attached hydrogen (secondary N) is 3. The molecule has 3 N–H and O–H groups in total. The Bertz CT molecular complexity index is 2590. The third kappa shape index (κ3) is 12.7. The van der Waals surface area contributed by atoms with Crippen molar-refractivity contribution in [3.8, 4) is 11.8 Å². The Morgan fingerprint density at radius 1 is 0.833 bits per heavy atom. The average Bonchev–Trinajstić information content (AvgIpc) is 3.89. The zero-order valence-electron chi connectivity index (χ0n) is 33.4. The van der Waals surface area contributed by atoms with Crippen LogP contribution in [0.25, 0.3) is 22.1 Å². The number of nitrogens with zero attached hydrogens (tertiary/aromatic N) is 10. The van der Waals surface area contributed by atoms with Crippen molar-refractivity contribution in [1.29, 1.82) is 16.3 Å². The van der Waals surface area contributed by atoms with E-state index in [9.17, 15) is 9.59 Å². The van der Waals surface area contributed by atoms with Gasteiger partial charge in [-0.2, -0.15) is 15.5 Å². The van der Waals surface area contributed by atoms with E-state index >= 15 is 0 Å². The number of aryl methyl sites for hydroxylation is 4. The topological polar surface area (TPSA) is 219 Å². The van der Waals surface area contributed by atoms with Gasteiger partial charge in [0.05, 0.1) is 35.7 Å². The van der Waals surface area contributed by atoms with Crippen molar-refractivity contribution in [2.24, 2.45) is 0 Å². The summed E-state index contributed by atoms with van der Waals surface area (Å²) in [5, 5.41) is 22.6. The average molecular weight is 873 g/mol. The fourth-order valence-corrected chi connectivity index (χ4v) is 6.28. The molecule has 1 aliphatic heterocycles. The molecule has 16 nitrogen and oxygen atoms in total. The number of hydrogen-bond donors (Lipinski definition) is 3. The fraction of sp³-hybridized carbons (Fsp3) is 0.244. The maximum absolute atomic E-state index is 12.8. The molecule has 0 unspecified atom stereocenters. The molecule has 0 radical (unpaired) electrons. The second-order valence-corrected chi connectivity index (χ2v) is 14.1. The van der Waals surface area contributed by atoms with Crippen molar-refractivity contribution in [2.75, 3.05) is 38.2 Å². The molecule has 0 atom stereocenters. The number of benzene rings is 1. The lowest BCUT2D eigenvalue weighted by atomic mass is 10.2. The molecule has 1 aliphatic rings. The molecular weight excluding hydrogens is 829 g/mol. The number of carbonyl (C=O) groups is 2. The zero-order chi connectivity index (χ0) is 43.8. The molecule has 1 fully saturated rings. The first-order valence-corrected chi connectivity index (χ1v) is 19.3. The number of nitriles is 1. The Labute approximate surface area is 362 Å². The van der Waals surface area contributed by atoms with Crippen molar-refractivity contribution in [3.05, 3.63) is 128 Å². The van der Waals surface area contributed by atoms with Crippen LogP contribution in [-0.2, 0) is 11.3 Å². The van der Waals surface area contributed by atoms with Crippen LogP contribution >= 0.6 is 34.8 Å². The third-order valence-corrected chi connectivity index (χ3v) is 9.64. The van der Waals surface area contributed by atoms with E-state index in [-0.39, 0.29) is 24.2 Å². The van der Waals surface area contributed by atoms with Gasteiger partial charge < -0.3 is 14.5 Å². The number of rotatable bonds is 5. The fourth-order valence-electron chi connectivity index (χ4n) is 5.61. The van der Waals surface area contributed by atoms with Crippen LogP contribution in [0.1, 0.15) is 40.1 Å². The number of anilines is 1. The smallest absolute Gasteiger partial charge is 0.244 e. The highest BCUT2D eigenvalue weighted by Crippen LogP contribution is 2.30. The highest BCUT2D eigenvalue weighted by molar-refractivity contribution is 6.32. The number of aldehydes is 1. The SMILES string of the molecule is COc1cc(N2CCN(C(=O)Cn3ncc4ccc(C)nc43)CC2)ccc1Cl.Cc1ccc(C#N)c(Cl)n1.Cc1ccc(C=O)c(Cl)n1.Cc1ccc2cn[nH]c2n1.N=N.[HH]. The number of piperazine rings is 1. The van der Waals surface area contributed by atoms with Crippen molar-refractivity contribution in [2.45, 2.75) is 34.2 Å². The van der Waals surface area contributed by atoms with Gasteiger partial charge in [-0.15, -0.1) is 0 Å². The second kappa shape index (κ2) is 22.6. The quantitative estimate of drug-likeness (QED) is 0.0844. The van der Waals surface area contributed by atoms with Crippen LogP contribution in [0.3, 0.4) is 0 Å². The van der Waals surface area contributed by atoms with Gasteiger partial charge in [0, 0.05) is 72.9 Å². The largest absolute Gasteiger partial charge is 0.495 e. The highest BCUT2D eigenvalue weighted by Gasteiger charge is 2.23. The summed E-state index contributed by atoms with van der Waals surface area (Å²) in [6, 6.07) is 22.4.